The van der Waals surface area contributed by atoms with E-state index < -0.39 is 0 Å². The number of pyridine rings is 1. The van der Waals surface area contributed by atoms with Crippen molar-refractivity contribution in [2.24, 2.45) is 12.5 Å². The summed E-state index contributed by atoms with van der Waals surface area (Å²) < 4.78 is 9.24. The molecule has 0 N–H and O–H groups in total. The van der Waals surface area contributed by atoms with Gasteiger partial charge in [0.15, 0.2) is 6.20 Å². The molecule has 1 aromatic heterocycles. The fourth-order valence-corrected chi connectivity index (χ4v) is 6.52. The Balaban J connectivity index is 1.63. The Kier molecular flexibility index (Phi) is 4.82. The van der Waals surface area contributed by atoms with Gasteiger partial charge in [0.1, 0.15) is 18.5 Å². The Morgan fingerprint density at radius 3 is 2.41 bits per heavy atom. The largest absolute Gasteiger partial charge is 0.455 e. The van der Waals surface area contributed by atoms with Gasteiger partial charge in [-0.25, -0.2) is 4.57 Å². The van der Waals surface area contributed by atoms with E-state index in [0.717, 1.165) is 11.5 Å². The van der Waals surface area contributed by atoms with E-state index in [0.29, 0.717) is 17.3 Å². The van der Waals surface area contributed by atoms with Crippen LogP contribution in [0, 0.1) is 12.3 Å². The molecule has 0 unspecified atom stereocenters. The normalized spacial score (nSPS) is 17.3. The first-order valence-electron chi connectivity index (χ1n) is 12.9. The fourth-order valence-electron chi connectivity index (χ4n) is 6.52. The highest BCUT2D eigenvalue weighted by molar-refractivity contribution is 6.06. The molecule has 1 fully saturated rings. The number of ether oxygens (including phenoxy) is 1. The molecule has 0 bridgehead atoms. The van der Waals surface area contributed by atoms with Gasteiger partial charge in [0, 0.05) is 11.6 Å². The highest BCUT2D eigenvalue weighted by atomic mass is 16.5. The minimum atomic E-state index is 0.370. The quantitative estimate of drug-likeness (QED) is 0.245. The van der Waals surface area contributed by atoms with Crippen LogP contribution in [0.2, 0.25) is 0 Å². The molecule has 2 heteroatoms. The predicted molar refractivity (Wildman–Crippen MR) is 142 cm³/mol. The molecular weight excluding hydrogens is 414 g/mol. The number of nitrogens with zero attached hydrogens (tertiary/aromatic N) is 1. The Morgan fingerprint density at radius 1 is 1.00 bits per heavy atom. The van der Waals surface area contributed by atoms with Gasteiger partial charge < -0.3 is 4.74 Å². The van der Waals surface area contributed by atoms with Crippen LogP contribution in [0.15, 0.2) is 48.7 Å². The van der Waals surface area contributed by atoms with E-state index in [1.807, 2.05) is 0 Å². The molecule has 0 radical (unpaired) electrons. The van der Waals surface area contributed by atoms with Gasteiger partial charge in [0.2, 0.25) is 5.69 Å². The maximum absolute atomic E-state index is 6.94. The SMILES string of the molecule is Cc1c2c(c(C(C)C)c3ccccc13)Oc1cc(C3CCC(C)(C)CC3)cc3cc[n+](C)c-2c13. The van der Waals surface area contributed by atoms with Gasteiger partial charge in [-0.15, -0.1) is 0 Å². The van der Waals surface area contributed by atoms with Crippen LogP contribution in [-0.2, 0) is 7.05 Å². The van der Waals surface area contributed by atoms with Gasteiger partial charge >= 0.3 is 0 Å². The molecule has 1 saturated carbocycles. The van der Waals surface area contributed by atoms with Crippen LogP contribution in [0.5, 0.6) is 11.5 Å². The van der Waals surface area contributed by atoms with Crippen LogP contribution < -0.4 is 9.30 Å². The molecule has 2 aliphatic rings. The van der Waals surface area contributed by atoms with Crippen molar-refractivity contribution in [3.63, 3.8) is 0 Å². The van der Waals surface area contributed by atoms with Crippen LogP contribution in [0.1, 0.15) is 81.9 Å². The van der Waals surface area contributed by atoms with Crippen molar-refractivity contribution in [1.29, 1.82) is 0 Å². The maximum atomic E-state index is 6.94. The Morgan fingerprint density at radius 2 is 1.71 bits per heavy atom. The summed E-state index contributed by atoms with van der Waals surface area (Å²) in [6.07, 6.45) is 7.36. The highest BCUT2D eigenvalue weighted by Crippen LogP contribution is 2.53. The molecule has 174 valence electrons. The van der Waals surface area contributed by atoms with Crippen molar-refractivity contribution >= 4 is 21.5 Å². The molecule has 2 nitrogen and oxygen atoms in total. The van der Waals surface area contributed by atoms with Crippen molar-refractivity contribution in [2.45, 2.75) is 72.1 Å². The lowest BCUT2D eigenvalue weighted by Crippen LogP contribution is -2.32. The lowest BCUT2D eigenvalue weighted by Gasteiger charge is -2.35. The van der Waals surface area contributed by atoms with Crippen LogP contribution in [0.4, 0.5) is 0 Å². The Labute approximate surface area is 203 Å². The first kappa shape index (κ1) is 21.6. The van der Waals surface area contributed by atoms with Crippen molar-refractivity contribution in [2.75, 3.05) is 0 Å². The topological polar surface area (TPSA) is 13.1 Å². The van der Waals surface area contributed by atoms with E-state index >= 15 is 0 Å². The number of benzene rings is 3. The van der Waals surface area contributed by atoms with Gasteiger partial charge in [0.05, 0.1) is 10.9 Å². The molecule has 3 aromatic carbocycles. The summed E-state index contributed by atoms with van der Waals surface area (Å²) in [5, 5.41) is 5.20. The van der Waals surface area contributed by atoms with E-state index in [1.165, 1.54) is 75.2 Å². The van der Waals surface area contributed by atoms with Crippen molar-refractivity contribution in [3.05, 3.63) is 65.4 Å². The van der Waals surface area contributed by atoms with Gasteiger partial charge in [-0.05, 0) is 83.2 Å². The summed E-state index contributed by atoms with van der Waals surface area (Å²) in [4.78, 5) is 0. The molecule has 1 aliphatic carbocycles. The smallest absolute Gasteiger partial charge is 0.228 e. The third-order valence-electron chi connectivity index (χ3n) is 8.53. The highest BCUT2D eigenvalue weighted by Gasteiger charge is 2.35. The van der Waals surface area contributed by atoms with Crippen molar-refractivity contribution in [1.82, 2.24) is 0 Å². The first-order chi connectivity index (χ1) is 16.2. The third kappa shape index (κ3) is 3.18. The van der Waals surface area contributed by atoms with E-state index in [9.17, 15) is 0 Å². The second-order valence-electron chi connectivity index (χ2n) is 11.7. The second kappa shape index (κ2) is 7.57. The Hall–Kier alpha value is -2.87. The average Bonchev–Trinajstić information content (AvgIpc) is 2.80. The molecule has 0 amide bonds. The van der Waals surface area contributed by atoms with Crippen molar-refractivity contribution in [3.8, 4) is 22.8 Å². The fraction of sp³-hybridized carbons (Fsp3) is 0.406. The average molecular weight is 451 g/mol. The summed E-state index contributed by atoms with van der Waals surface area (Å²) in [6, 6.07) is 15.9. The molecule has 2 heterocycles. The van der Waals surface area contributed by atoms with Gasteiger partial charge in [-0.1, -0.05) is 58.0 Å². The Bertz CT molecular complexity index is 1450. The van der Waals surface area contributed by atoms with Crippen LogP contribution in [0.3, 0.4) is 0 Å². The molecule has 0 atom stereocenters. The zero-order valence-corrected chi connectivity index (χ0v) is 21.5. The van der Waals surface area contributed by atoms with E-state index in [4.69, 9.17) is 4.74 Å². The van der Waals surface area contributed by atoms with Crippen LogP contribution in [0.25, 0.3) is 32.8 Å². The number of aryl methyl sites for hydroxylation is 2. The molecular formula is C32H36NO+. The zero-order valence-electron chi connectivity index (χ0n) is 21.5. The third-order valence-corrected chi connectivity index (χ3v) is 8.53. The molecule has 4 aromatic rings. The summed E-state index contributed by atoms with van der Waals surface area (Å²) >= 11 is 0. The first-order valence-corrected chi connectivity index (χ1v) is 12.9. The number of aromatic nitrogens is 1. The lowest BCUT2D eigenvalue weighted by atomic mass is 9.71. The minimum Gasteiger partial charge on any atom is -0.455 e. The summed E-state index contributed by atoms with van der Waals surface area (Å²) in [5.74, 6) is 3.09. The minimum absolute atomic E-state index is 0.370. The molecule has 1 aliphatic heterocycles. The predicted octanol–water partition coefficient (Wildman–Crippen LogP) is 8.71. The van der Waals surface area contributed by atoms with E-state index in [-0.39, 0.29) is 0 Å². The summed E-state index contributed by atoms with van der Waals surface area (Å²) in [7, 11) is 2.18. The standard InChI is InChI=1S/C32H36NO/c1-19(2)27-25-10-8-7-9-24(25)20(3)28-30-29-22(13-16-33(30)6)17-23(18-26(29)34-31(27)28)21-11-14-32(4,5)15-12-21/h7-10,13,16-19,21H,11-12,14-15H2,1-6H3/q+1. The van der Waals surface area contributed by atoms with Crippen LogP contribution >= 0.6 is 0 Å². The molecule has 34 heavy (non-hydrogen) atoms. The summed E-state index contributed by atoms with van der Waals surface area (Å²) in [6.45, 7) is 11.7. The number of rotatable bonds is 2. The van der Waals surface area contributed by atoms with Gasteiger partial charge in [-0.2, -0.15) is 0 Å². The summed E-state index contributed by atoms with van der Waals surface area (Å²) in [5.41, 5.74) is 7.10. The van der Waals surface area contributed by atoms with Gasteiger partial charge in [0.25, 0.3) is 0 Å². The van der Waals surface area contributed by atoms with Crippen LogP contribution in [-0.4, -0.2) is 0 Å². The second-order valence-corrected chi connectivity index (χ2v) is 11.7. The monoisotopic (exact) mass is 450 g/mol. The maximum Gasteiger partial charge on any atom is 0.228 e. The van der Waals surface area contributed by atoms with E-state index in [1.54, 1.807) is 0 Å². The molecule has 6 rings (SSSR count). The lowest BCUT2D eigenvalue weighted by molar-refractivity contribution is -0.659. The molecule has 0 spiro atoms. The number of hydrogen-bond acceptors (Lipinski definition) is 1. The molecule has 0 saturated heterocycles. The van der Waals surface area contributed by atoms with E-state index in [2.05, 4.69) is 94.9 Å². The van der Waals surface area contributed by atoms with Gasteiger partial charge in [-0.3, -0.25) is 0 Å². The zero-order chi connectivity index (χ0) is 23.8. The number of hydrogen-bond donors (Lipinski definition) is 0. The van der Waals surface area contributed by atoms with Crippen molar-refractivity contribution < 1.29 is 9.30 Å². The number of fused-ring (bicyclic) bond motifs is 3.